The van der Waals surface area contributed by atoms with Crippen molar-refractivity contribution >= 4 is 34.8 Å². The number of anilines is 1. The van der Waals surface area contributed by atoms with Gasteiger partial charge in [0.2, 0.25) is 5.91 Å². The molecule has 2 rings (SSSR count). The second kappa shape index (κ2) is 5.25. The zero-order valence-corrected chi connectivity index (χ0v) is 11.1. The molecule has 0 spiro atoms. The number of hydrogen-bond donors (Lipinski definition) is 1. The van der Waals surface area contributed by atoms with E-state index < -0.39 is 0 Å². The van der Waals surface area contributed by atoms with E-state index in [9.17, 15) is 4.79 Å². The fraction of sp³-hybridized carbons (Fsp3) is 0.417. The standard InChI is InChI=1S/C12H14Cl2N2O/c1-8-10(4-3-9(13)12(8)14)16-6-2-5-15-7-11(16)17/h3-4,15H,2,5-7H2,1H3. The van der Waals surface area contributed by atoms with Crippen molar-refractivity contribution < 1.29 is 4.79 Å². The van der Waals surface area contributed by atoms with Gasteiger partial charge >= 0.3 is 0 Å². The number of halogens is 2. The van der Waals surface area contributed by atoms with Gasteiger partial charge in [0.15, 0.2) is 0 Å². The van der Waals surface area contributed by atoms with Crippen LogP contribution < -0.4 is 10.2 Å². The number of nitrogens with zero attached hydrogens (tertiary/aromatic N) is 1. The molecule has 1 heterocycles. The molecule has 0 aromatic heterocycles. The van der Waals surface area contributed by atoms with Gasteiger partial charge < -0.3 is 10.2 Å². The molecule has 0 radical (unpaired) electrons. The van der Waals surface area contributed by atoms with E-state index in [0.717, 1.165) is 24.2 Å². The summed E-state index contributed by atoms with van der Waals surface area (Å²) in [6, 6.07) is 3.59. The third-order valence-electron chi connectivity index (χ3n) is 2.91. The van der Waals surface area contributed by atoms with E-state index in [4.69, 9.17) is 23.2 Å². The summed E-state index contributed by atoms with van der Waals surface area (Å²) in [6.07, 6.45) is 0.936. The molecule has 1 amide bonds. The van der Waals surface area contributed by atoms with Crippen LogP contribution in [0.2, 0.25) is 10.0 Å². The topological polar surface area (TPSA) is 32.3 Å². The monoisotopic (exact) mass is 272 g/mol. The van der Waals surface area contributed by atoms with Crippen LogP contribution in [0.4, 0.5) is 5.69 Å². The molecule has 1 N–H and O–H groups in total. The Morgan fingerprint density at radius 1 is 1.35 bits per heavy atom. The summed E-state index contributed by atoms with van der Waals surface area (Å²) in [6.45, 7) is 3.84. The zero-order valence-electron chi connectivity index (χ0n) is 9.59. The van der Waals surface area contributed by atoms with Gasteiger partial charge in [-0.15, -0.1) is 0 Å². The summed E-state index contributed by atoms with van der Waals surface area (Å²) in [7, 11) is 0. The average Bonchev–Trinajstić information content (AvgIpc) is 2.52. The van der Waals surface area contributed by atoms with Gasteiger partial charge in [-0.25, -0.2) is 0 Å². The first-order chi connectivity index (χ1) is 8.11. The highest BCUT2D eigenvalue weighted by Gasteiger charge is 2.20. The van der Waals surface area contributed by atoms with Crippen LogP contribution in [0.25, 0.3) is 0 Å². The lowest BCUT2D eigenvalue weighted by atomic mass is 10.1. The van der Waals surface area contributed by atoms with E-state index >= 15 is 0 Å². The minimum atomic E-state index is 0.0731. The Kier molecular flexibility index (Phi) is 3.92. The number of carbonyl (C=O) groups is 1. The zero-order chi connectivity index (χ0) is 12.4. The molecule has 0 aliphatic carbocycles. The van der Waals surface area contributed by atoms with Gasteiger partial charge in [-0.2, -0.15) is 0 Å². The molecule has 1 aromatic rings. The van der Waals surface area contributed by atoms with Crippen molar-refractivity contribution in [2.45, 2.75) is 13.3 Å². The van der Waals surface area contributed by atoms with E-state index in [0.29, 0.717) is 23.1 Å². The van der Waals surface area contributed by atoms with Crippen molar-refractivity contribution in [3.05, 3.63) is 27.7 Å². The molecule has 1 aromatic carbocycles. The summed E-state index contributed by atoms with van der Waals surface area (Å²) in [4.78, 5) is 13.7. The summed E-state index contributed by atoms with van der Waals surface area (Å²) >= 11 is 12.1. The number of hydrogen-bond acceptors (Lipinski definition) is 2. The maximum absolute atomic E-state index is 12.0. The number of benzene rings is 1. The summed E-state index contributed by atoms with van der Waals surface area (Å²) in [5.41, 5.74) is 1.71. The van der Waals surface area contributed by atoms with Gasteiger partial charge in [-0.1, -0.05) is 23.2 Å². The van der Waals surface area contributed by atoms with Crippen molar-refractivity contribution in [1.82, 2.24) is 5.32 Å². The summed E-state index contributed by atoms with van der Waals surface area (Å²) in [5, 5.41) is 4.14. The minimum absolute atomic E-state index is 0.0731. The lowest BCUT2D eigenvalue weighted by Crippen LogP contribution is -2.35. The second-order valence-electron chi connectivity index (χ2n) is 4.08. The molecule has 0 atom stereocenters. The number of nitrogens with one attached hydrogen (secondary N) is 1. The SMILES string of the molecule is Cc1c(N2CCCNCC2=O)ccc(Cl)c1Cl. The predicted octanol–water partition coefficient (Wildman–Crippen LogP) is 2.63. The second-order valence-corrected chi connectivity index (χ2v) is 4.87. The van der Waals surface area contributed by atoms with Crippen molar-refractivity contribution in [2.24, 2.45) is 0 Å². The quantitative estimate of drug-likeness (QED) is 0.853. The normalized spacial score (nSPS) is 17.1. The van der Waals surface area contributed by atoms with Gasteiger partial charge in [0.05, 0.1) is 16.6 Å². The summed E-state index contributed by atoms with van der Waals surface area (Å²) in [5.74, 6) is 0.0731. The van der Waals surface area contributed by atoms with E-state index in [-0.39, 0.29) is 5.91 Å². The van der Waals surface area contributed by atoms with Gasteiger partial charge in [0, 0.05) is 12.2 Å². The van der Waals surface area contributed by atoms with E-state index in [1.807, 2.05) is 13.0 Å². The maximum atomic E-state index is 12.0. The van der Waals surface area contributed by atoms with Crippen LogP contribution in [0, 0.1) is 6.92 Å². The molecule has 17 heavy (non-hydrogen) atoms. The first-order valence-electron chi connectivity index (χ1n) is 5.57. The maximum Gasteiger partial charge on any atom is 0.240 e. The van der Waals surface area contributed by atoms with E-state index in [1.165, 1.54) is 0 Å². The fourth-order valence-corrected chi connectivity index (χ4v) is 2.33. The Labute approximate surface area is 111 Å². The lowest BCUT2D eigenvalue weighted by Gasteiger charge is -2.23. The van der Waals surface area contributed by atoms with Crippen LogP contribution in [0.1, 0.15) is 12.0 Å². The van der Waals surface area contributed by atoms with Crippen LogP contribution in [0.3, 0.4) is 0 Å². The Balaban J connectivity index is 2.38. The number of rotatable bonds is 1. The number of amides is 1. The van der Waals surface area contributed by atoms with E-state index in [1.54, 1.807) is 11.0 Å². The van der Waals surface area contributed by atoms with Crippen LogP contribution >= 0.6 is 23.2 Å². The molecule has 92 valence electrons. The van der Waals surface area contributed by atoms with Gasteiger partial charge in [0.1, 0.15) is 0 Å². The highest BCUT2D eigenvalue weighted by atomic mass is 35.5. The molecule has 0 saturated carbocycles. The highest BCUT2D eigenvalue weighted by molar-refractivity contribution is 6.42. The predicted molar refractivity (Wildman–Crippen MR) is 71.0 cm³/mol. The molecular formula is C12H14Cl2N2O. The smallest absolute Gasteiger partial charge is 0.240 e. The fourth-order valence-electron chi connectivity index (χ4n) is 1.97. The molecule has 1 saturated heterocycles. The Morgan fingerprint density at radius 3 is 2.88 bits per heavy atom. The Bertz CT molecular complexity index is 448. The van der Waals surface area contributed by atoms with Crippen molar-refractivity contribution in [2.75, 3.05) is 24.5 Å². The first kappa shape index (κ1) is 12.7. The Hall–Kier alpha value is -0.770. The molecular weight excluding hydrogens is 259 g/mol. The molecule has 3 nitrogen and oxygen atoms in total. The lowest BCUT2D eigenvalue weighted by molar-refractivity contribution is -0.117. The van der Waals surface area contributed by atoms with Gasteiger partial charge in [0.25, 0.3) is 0 Å². The first-order valence-corrected chi connectivity index (χ1v) is 6.32. The third kappa shape index (κ3) is 2.57. The molecule has 1 aliphatic heterocycles. The number of carbonyl (C=O) groups excluding carboxylic acids is 1. The molecule has 1 aliphatic rings. The van der Waals surface area contributed by atoms with Crippen LogP contribution in [0.5, 0.6) is 0 Å². The molecule has 1 fully saturated rings. The average molecular weight is 273 g/mol. The highest BCUT2D eigenvalue weighted by Crippen LogP contribution is 2.33. The molecule has 0 bridgehead atoms. The van der Waals surface area contributed by atoms with Crippen molar-refractivity contribution in [1.29, 1.82) is 0 Å². The van der Waals surface area contributed by atoms with Gasteiger partial charge in [-0.05, 0) is 37.6 Å². The summed E-state index contributed by atoms with van der Waals surface area (Å²) < 4.78 is 0. The van der Waals surface area contributed by atoms with Gasteiger partial charge in [-0.3, -0.25) is 4.79 Å². The largest absolute Gasteiger partial charge is 0.311 e. The molecule has 0 unspecified atom stereocenters. The Morgan fingerprint density at radius 2 is 2.12 bits per heavy atom. The van der Waals surface area contributed by atoms with Crippen LogP contribution in [-0.4, -0.2) is 25.5 Å². The molecule has 5 heteroatoms. The minimum Gasteiger partial charge on any atom is -0.311 e. The van der Waals surface area contributed by atoms with Crippen molar-refractivity contribution in [3.63, 3.8) is 0 Å². The van der Waals surface area contributed by atoms with Crippen LogP contribution in [0.15, 0.2) is 12.1 Å². The van der Waals surface area contributed by atoms with Crippen molar-refractivity contribution in [3.8, 4) is 0 Å². The third-order valence-corrected chi connectivity index (χ3v) is 3.81. The van der Waals surface area contributed by atoms with Crippen LogP contribution in [-0.2, 0) is 4.79 Å². The van der Waals surface area contributed by atoms with E-state index in [2.05, 4.69) is 5.32 Å².